The highest BCUT2D eigenvalue weighted by molar-refractivity contribution is 5.96. The smallest absolute Gasteiger partial charge is 0.166 e. The maximum absolute atomic E-state index is 11.9. The van der Waals surface area contributed by atoms with Crippen molar-refractivity contribution in [1.29, 1.82) is 0 Å². The Morgan fingerprint density at radius 2 is 2.12 bits per heavy atom. The van der Waals surface area contributed by atoms with Gasteiger partial charge in [-0.05, 0) is 33.8 Å². The van der Waals surface area contributed by atoms with Crippen LogP contribution in [-0.4, -0.2) is 22.4 Å². The minimum atomic E-state index is -0.508. The van der Waals surface area contributed by atoms with Crippen molar-refractivity contribution in [2.75, 3.05) is 0 Å². The first-order valence-corrected chi connectivity index (χ1v) is 5.72. The highest BCUT2D eigenvalue weighted by Crippen LogP contribution is 2.16. The topological polar surface area (TPSA) is 65.2 Å². The Labute approximate surface area is 102 Å². The summed E-state index contributed by atoms with van der Waals surface area (Å²) in [4.78, 5) is 15.9. The van der Waals surface area contributed by atoms with Gasteiger partial charge in [0.15, 0.2) is 5.78 Å². The van der Waals surface area contributed by atoms with Gasteiger partial charge < -0.3 is 10.5 Å². The lowest BCUT2D eigenvalue weighted by Crippen LogP contribution is -2.34. The van der Waals surface area contributed by atoms with Gasteiger partial charge in [-0.2, -0.15) is 0 Å². The zero-order valence-electron chi connectivity index (χ0n) is 10.9. The van der Waals surface area contributed by atoms with E-state index in [1.54, 1.807) is 18.5 Å². The number of ketones is 1. The molecular formula is C13H20N2O2. The van der Waals surface area contributed by atoms with Crippen LogP contribution in [0.4, 0.5) is 0 Å². The van der Waals surface area contributed by atoms with Crippen molar-refractivity contribution in [2.45, 2.75) is 45.8 Å². The number of carbonyl (C=O) groups excluding carboxylic acids is 1. The van der Waals surface area contributed by atoms with E-state index < -0.39 is 5.54 Å². The zero-order valence-corrected chi connectivity index (χ0v) is 10.9. The Kier molecular flexibility index (Phi) is 4.23. The molecule has 0 amide bonds. The van der Waals surface area contributed by atoms with Gasteiger partial charge in [0, 0.05) is 23.7 Å². The van der Waals surface area contributed by atoms with Crippen molar-refractivity contribution in [3.8, 4) is 5.75 Å². The van der Waals surface area contributed by atoms with E-state index in [1.165, 1.54) is 0 Å². The summed E-state index contributed by atoms with van der Waals surface area (Å²) in [5, 5.41) is 0. The van der Waals surface area contributed by atoms with E-state index in [0.29, 0.717) is 17.7 Å². The average molecular weight is 236 g/mol. The van der Waals surface area contributed by atoms with Crippen LogP contribution in [0.1, 0.15) is 44.5 Å². The molecule has 0 spiro atoms. The number of aromatic nitrogens is 1. The molecular weight excluding hydrogens is 216 g/mol. The van der Waals surface area contributed by atoms with Crippen LogP contribution in [0.5, 0.6) is 5.75 Å². The average Bonchev–Trinajstić information content (AvgIpc) is 2.14. The molecule has 2 N–H and O–H groups in total. The normalized spacial score (nSPS) is 11.6. The summed E-state index contributed by atoms with van der Waals surface area (Å²) >= 11 is 0. The van der Waals surface area contributed by atoms with Crippen LogP contribution in [0.3, 0.4) is 0 Å². The van der Waals surface area contributed by atoms with Crippen LogP contribution >= 0.6 is 0 Å². The lowest BCUT2D eigenvalue weighted by atomic mass is 9.96. The van der Waals surface area contributed by atoms with E-state index in [2.05, 4.69) is 4.98 Å². The van der Waals surface area contributed by atoms with Gasteiger partial charge in [-0.25, -0.2) is 0 Å². The number of carbonyl (C=O) groups is 1. The third-order valence-corrected chi connectivity index (χ3v) is 2.02. The van der Waals surface area contributed by atoms with Gasteiger partial charge in [-0.15, -0.1) is 0 Å². The molecule has 0 aliphatic rings. The van der Waals surface area contributed by atoms with Crippen molar-refractivity contribution in [3.05, 3.63) is 24.0 Å². The van der Waals surface area contributed by atoms with E-state index in [-0.39, 0.29) is 11.9 Å². The summed E-state index contributed by atoms with van der Waals surface area (Å²) in [7, 11) is 0. The van der Waals surface area contributed by atoms with Crippen molar-refractivity contribution in [2.24, 2.45) is 5.73 Å². The molecule has 4 nitrogen and oxygen atoms in total. The van der Waals surface area contributed by atoms with Crippen molar-refractivity contribution in [1.82, 2.24) is 4.98 Å². The number of hydrogen-bond donors (Lipinski definition) is 1. The Morgan fingerprint density at radius 3 is 2.65 bits per heavy atom. The molecule has 0 radical (unpaired) electrons. The third-order valence-electron chi connectivity index (χ3n) is 2.02. The first-order valence-electron chi connectivity index (χ1n) is 5.72. The molecule has 0 unspecified atom stereocenters. The number of ether oxygens (including phenoxy) is 1. The van der Waals surface area contributed by atoms with Crippen LogP contribution in [0.2, 0.25) is 0 Å². The standard InChI is InChI=1S/C13H20N2O2/c1-9(2)17-11-5-10(7-15-8-11)12(16)6-13(3,4)14/h5,7-9H,6,14H2,1-4H3. The fraction of sp³-hybridized carbons (Fsp3) is 0.538. The molecule has 1 heterocycles. The van der Waals surface area contributed by atoms with E-state index >= 15 is 0 Å². The van der Waals surface area contributed by atoms with Crippen LogP contribution in [0.25, 0.3) is 0 Å². The van der Waals surface area contributed by atoms with E-state index in [0.717, 1.165) is 0 Å². The van der Waals surface area contributed by atoms with Crippen LogP contribution < -0.4 is 10.5 Å². The fourth-order valence-corrected chi connectivity index (χ4v) is 1.42. The Hall–Kier alpha value is -1.42. The predicted molar refractivity (Wildman–Crippen MR) is 67.2 cm³/mol. The molecule has 1 aromatic heterocycles. The molecule has 0 saturated heterocycles. The first-order chi connectivity index (χ1) is 7.78. The van der Waals surface area contributed by atoms with Crippen molar-refractivity contribution < 1.29 is 9.53 Å². The fourth-order valence-electron chi connectivity index (χ4n) is 1.42. The van der Waals surface area contributed by atoms with E-state index in [4.69, 9.17) is 10.5 Å². The monoisotopic (exact) mass is 236 g/mol. The third kappa shape index (κ3) is 4.95. The summed E-state index contributed by atoms with van der Waals surface area (Å²) in [6.07, 6.45) is 3.50. The van der Waals surface area contributed by atoms with Gasteiger partial charge in [0.2, 0.25) is 0 Å². The number of Topliss-reactive ketones (excluding diaryl/α,β-unsaturated/α-hetero) is 1. The van der Waals surface area contributed by atoms with Gasteiger partial charge in [-0.3, -0.25) is 9.78 Å². The SMILES string of the molecule is CC(C)Oc1cncc(C(=O)CC(C)(C)N)c1. The lowest BCUT2D eigenvalue weighted by Gasteiger charge is -2.17. The number of hydrogen-bond acceptors (Lipinski definition) is 4. The first kappa shape index (κ1) is 13.6. The molecule has 0 aliphatic carbocycles. The summed E-state index contributed by atoms with van der Waals surface area (Å²) in [6.45, 7) is 7.51. The Bertz CT molecular complexity index is 395. The molecule has 4 heteroatoms. The highest BCUT2D eigenvalue weighted by atomic mass is 16.5. The lowest BCUT2D eigenvalue weighted by molar-refractivity contribution is 0.0959. The molecule has 0 bridgehead atoms. The van der Waals surface area contributed by atoms with Crippen molar-refractivity contribution in [3.63, 3.8) is 0 Å². The van der Waals surface area contributed by atoms with Gasteiger partial charge in [0.25, 0.3) is 0 Å². The van der Waals surface area contributed by atoms with Gasteiger partial charge in [0.1, 0.15) is 5.75 Å². The Morgan fingerprint density at radius 1 is 1.47 bits per heavy atom. The molecule has 0 atom stereocenters. The van der Waals surface area contributed by atoms with Crippen molar-refractivity contribution >= 4 is 5.78 Å². The second-order valence-corrected chi connectivity index (χ2v) is 5.16. The quantitative estimate of drug-likeness (QED) is 0.796. The summed E-state index contributed by atoms with van der Waals surface area (Å²) < 4.78 is 5.49. The second-order valence-electron chi connectivity index (χ2n) is 5.16. The van der Waals surface area contributed by atoms with Crippen LogP contribution in [0, 0.1) is 0 Å². The minimum Gasteiger partial charge on any atom is -0.489 e. The zero-order chi connectivity index (χ0) is 13.1. The van der Waals surface area contributed by atoms with E-state index in [9.17, 15) is 4.79 Å². The largest absolute Gasteiger partial charge is 0.489 e. The molecule has 0 aromatic carbocycles. The maximum atomic E-state index is 11.9. The molecule has 0 aliphatic heterocycles. The van der Waals surface area contributed by atoms with Crippen LogP contribution in [0.15, 0.2) is 18.5 Å². The predicted octanol–water partition coefficient (Wildman–Crippen LogP) is 2.18. The number of pyridine rings is 1. The molecule has 1 rings (SSSR count). The molecule has 17 heavy (non-hydrogen) atoms. The maximum Gasteiger partial charge on any atom is 0.166 e. The molecule has 0 fully saturated rings. The second kappa shape index (κ2) is 5.27. The highest BCUT2D eigenvalue weighted by Gasteiger charge is 2.18. The van der Waals surface area contributed by atoms with Gasteiger partial charge in [-0.1, -0.05) is 0 Å². The number of rotatable bonds is 5. The number of nitrogens with two attached hydrogens (primary N) is 1. The van der Waals surface area contributed by atoms with Gasteiger partial charge in [0.05, 0.1) is 12.3 Å². The Balaban J connectivity index is 2.81. The minimum absolute atomic E-state index is 0.0146. The van der Waals surface area contributed by atoms with Gasteiger partial charge >= 0.3 is 0 Å². The summed E-state index contributed by atoms with van der Waals surface area (Å²) in [5.74, 6) is 0.597. The van der Waals surface area contributed by atoms with E-state index in [1.807, 2.05) is 27.7 Å². The summed E-state index contributed by atoms with van der Waals surface area (Å²) in [6, 6.07) is 1.71. The number of nitrogens with zero attached hydrogens (tertiary/aromatic N) is 1. The van der Waals surface area contributed by atoms with Crippen LogP contribution in [-0.2, 0) is 0 Å². The molecule has 1 aromatic rings. The molecule has 0 saturated carbocycles. The molecule has 94 valence electrons. The summed E-state index contributed by atoms with van der Waals surface area (Å²) in [5.41, 5.74) is 5.86.